The number of aromatic nitrogens is 2. The van der Waals surface area contributed by atoms with Crippen LogP contribution in [0.25, 0.3) is 0 Å². The van der Waals surface area contributed by atoms with Crippen LogP contribution in [0.5, 0.6) is 0 Å². The lowest BCUT2D eigenvalue weighted by Crippen LogP contribution is -2.38. The number of nitrogens with one attached hydrogen (secondary N) is 1. The van der Waals surface area contributed by atoms with Gasteiger partial charge in [0.15, 0.2) is 0 Å². The van der Waals surface area contributed by atoms with Gasteiger partial charge in [0, 0.05) is 19.3 Å². The molecule has 0 atom stereocenters. The van der Waals surface area contributed by atoms with Gasteiger partial charge in [0.2, 0.25) is 0 Å². The van der Waals surface area contributed by atoms with Gasteiger partial charge < -0.3 is 5.32 Å². The summed E-state index contributed by atoms with van der Waals surface area (Å²) in [6, 6.07) is 0. The largest absolute Gasteiger partial charge is 0.351 e. The number of nitrogens with zero attached hydrogens (tertiary/aromatic N) is 2. The van der Waals surface area contributed by atoms with Gasteiger partial charge in [-0.15, -0.1) is 0 Å². The van der Waals surface area contributed by atoms with Gasteiger partial charge in [-0.25, -0.2) is 0 Å². The van der Waals surface area contributed by atoms with Crippen LogP contribution in [0.4, 0.5) is 0 Å². The van der Waals surface area contributed by atoms with Crippen molar-refractivity contribution >= 4 is 5.91 Å². The van der Waals surface area contributed by atoms with E-state index in [1.807, 2.05) is 17.8 Å². The van der Waals surface area contributed by atoms with Gasteiger partial charge in [-0.2, -0.15) is 5.10 Å². The first-order valence-corrected chi connectivity index (χ1v) is 8.92. The lowest BCUT2D eigenvalue weighted by molar-refractivity contribution is 0.0904. The monoisotopic (exact) mass is 305 g/mol. The maximum absolute atomic E-state index is 12.5. The molecule has 1 aromatic heterocycles. The third kappa shape index (κ3) is 4.11. The number of unbranched alkanes of at least 4 members (excludes halogenated alkanes) is 1. The number of carbonyl (C=O) groups is 1. The summed E-state index contributed by atoms with van der Waals surface area (Å²) in [5.41, 5.74) is 1.89. The molecule has 1 heterocycles. The molecular weight excluding hydrogens is 274 g/mol. The van der Waals surface area contributed by atoms with Crippen LogP contribution < -0.4 is 5.32 Å². The second-order valence-electron chi connectivity index (χ2n) is 6.84. The third-order valence-electron chi connectivity index (χ3n) is 5.22. The molecule has 0 spiro atoms. The summed E-state index contributed by atoms with van der Waals surface area (Å²) in [6.07, 6.45) is 11.7. The molecule has 1 fully saturated rings. The predicted molar refractivity (Wildman–Crippen MR) is 90.0 cm³/mol. The van der Waals surface area contributed by atoms with E-state index < -0.39 is 0 Å². The molecular formula is C18H31N3O. The van der Waals surface area contributed by atoms with Crippen LogP contribution >= 0.6 is 0 Å². The average molecular weight is 305 g/mol. The van der Waals surface area contributed by atoms with Gasteiger partial charge >= 0.3 is 0 Å². The summed E-state index contributed by atoms with van der Waals surface area (Å²) in [5, 5.41) is 7.64. The number of aryl methyl sites for hydroxylation is 2. The van der Waals surface area contributed by atoms with Crippen molar-refractivity contribution in [3.63, 3.8) is 0 Å². The van der Waals surface area contributed by atoms with Crippen molar-refractivity contribution in [2.75, 3.05) is 6.54 Å². The van der Waals surface area contributed by atoms with E-state index in [-0.39, 0.29) is 5.91 Å². The normalized spacial score (nSPS) is 17.4. The van der Waals surface area contributed by atoms with Crippen molar-refractivity contribution in [3.8, 4) is 0 Å². The SMILES string of the molecule is CCCCn1cc(C(=O)NCC2(CC)CCCCC2)c(C)n1. The molecule has 124 valence electrons. The molecule has 1 aliphatic rings. The lowest BCUT2D eigenvalue weighted by atomic mass is 9.72. The van der Waals surface area contributed by atoms with Gasteiger partial charge in [-0.05, 0) is 38.0 Å². The van der Waals surface area contributed by atoms with Crippen molar-refractivity contribution < 1.29 is 4.79 Å². The van der Waals surface area contributed by atoms with Crippen LogP contribution in [0.1, 0.15) is 81.3 Å². The third-order valence-corrected chi connectivity index (χ3v) is 5.22. The zero-order valence-corrected chi connectivity index (χ0v) is 14.5. The fourth-order valence-electron chi connectivity index (χ4n) is 3.50. The van der Waals surface area contributed by atoms with Crippen molar-refractivity contribution in [1.29, 1.82) is 0 Å². The maximum Gasteiger partial charge on any atom is 0.254 e. The molecule has 0 aromatic carbocycles. The predicted octanol–water partition coefficient (Wildman–Crippen LogP) is 4.08. The molecule has 1 aliphatic carbocycles. The number of carbonyl (C=O) groups excluding carboxylic acids is 1. The highest BCUT2D eigenvalue weighted by Crippen LogP contribution is 2.38. The Balaban J connectivity index is 1.95. The zero-order valence-electron chi connectivity index (χ0n) is 14.5. The van der Waals surface area contributed by atoms with Crippen LogP contribution in [0.2, 0.25) is 0 Å². The van der Waals surface area contributed by atoms with Gasteiger partial charge in [0.25, 0.3) is 5.91 Å². The highest BCUT2D eigenvalue weighted by Gasteiger charge is 2.30. The number of rotatable bonds is 7. The Bertz CT molecular complexity index is 487. The highest BCUT2D eigenvalue weighted by atomic mass is 16.1. The smallest absolute Gasteiger partial charge is 0.254 e. The van der Waals surface area contributed by atoms with E-state index in [1.54, 1.807) is 0 Å². The minimum absolute atomic E-state index is 0.0404. The molecule has 1 saturated carbocycles. The Morgan fingerprint density at radius 3 is 2.68 bits per heavy atom. The minimum atomic E-state index is 0.0404. The summed E-state index contributed by atoms with van der Waals surface area (Å²) in [6.45, 7) is 8.04. The van der Waals surface area contributed by atoms with E-state index in [9.17, 15) is 4.79 Å². The fourth-order valence-corrected chi connectivity index (χ4v) is 3.50. The van der Waals surface area contributed by atoms with E-state index in [0.717, 1.165) is 43.6 Å². The highest BCUT2D eigenvalue weighted by molar-refractivity contribution is 5.95. The van der Waals surface area contributed by atoms with Gasteiger partial charge in [0.1, 0.15) is 0 Å². The topological polar surface area (TPSA) is 46.9 Å². The van der Waals surface area contributed by atoms with Gasteiger partial charge in [-0.1, -0.05) is 39.5 Å². The average Bonchev–Trinajstić information content (AvgIpc) is 2.92. The molecule has 1 N–H and O–H groups in total. The first kappa shape index (κ1) is 17.0. The van der Waals surface area contributed by atoms with Crippen LogP contribution in [0, 0.1) is 12.3 Å². The molecule has 0 aliphatic heterocycles. The molecule has 0 saturated heterocycles. The van der Waals surface area contributed by atoms with E-state index in [2.05, 4.69) is 24.3 Å². The van der Waals surface area contributed by atoms with E-state index in [0.29, 0.717) is 5.41 Å². The summed E-state index contributed by atoms with van der Waals surface area (Å²) in [4.78, 5) is 12.5. The fraction of sp³-hybridized carbons (Fsp3) is 0.778. The molecule has 4 heteroatoms. The number of hydrogen-bond acceptors (Lipinski definition) is 2. The molecule has 4 nitrogen and oxygen atoms in total. The van der Waals surface area contributed by atoms with E-state index in [4.69, 9.17) is 0 Å². The summed E-state index contributed by atoms with van der Waals surface area (Å²) in [7, 11) is 0. The molecule has 22 heavy (non-hydrogen) atoms. The minimum Gasteiger partial charge on any atom is -0.351 e. The Labute approximate surface area is 134 Å². The zero-order chi connectivity index (χ0) is 16.0. The number of hydrogen-bond donors (Lipinski definition) is 1. The van der Waals surface area contributed by atoms with Gasteiger partial charge in [0.05, 0.1) is 11.3 Å². The van der Waals surface area contributed by atoms with E-state index in [1.165, 1.54) is 32.1 Å². The van der Waals surface area contributed by atoms with Crippen molar-refractivity contribution in [1.82, 2.24) is 15.1 Å². The van der Waals surface area contributed by atoms with Crippen molar-refractivity contribution in [2.24, 2.45) is 5.41 Å². The quantitative estimate of drug-likeness (QED) is 0.825. The summed E-state index contributed by atoms with van der Waals surface area (Å²) in [5.74, 6) is 0.0404. The van der Waals surface area contributed by atoms with E-state index >= 15 is 0 Å². The molecule has 1 aromatic rings. The summed E-state index contributed by atoms with van der Waals surface area (Å²) >= 11 is 0. The maximum atomic E-state index is 12.5. The lowest BCUT2D eigenvalue weighted by Gasteiger charge is -2.36. The van der Waals surface area contributed by atoms with Crippen LogP contribution in [0.15, 0.2) is 6.20 Å². The Kier molecular flexibility index (Phi) is 6.04. The standard InChI is InChI=1S/C18H31N3O/c1-4-6-12-21-13-16(15(3)20-21)17(22)19-14-18(5-2)10-8-7-9-11-18/h13H,4-12,14H2,1-3H3,(H,19,22). The molecule has 1 amide bonds. The molecule has 0 unspecified atom stereocenters. The second kappa shape index (κ2) is 7.80. The first-order valence-electron chi connectivity index (χ1n) is 8.92. The molecule has 0 bridgehead atoms. The Morgan fingerprint density at radius 2 is 2.05 bits per heavy atom. The van der Waals surface area contributed by atoms with Crippen LogP contribution in [0.3, 0.4) is 0 Å². The van der Waals surface area contributed by atoms with Crippen molar-refractivity contribution in [3.05, 3.63) is 17.5 Å². The first-order chi connectivity index (χ1) is 10.6. The molecule has 2 rings (SSSR count). The number of amides is 1. The Morgan fingerprint density at radius 1 is 1.32 bits per heavy atom. The second-order valence-corrected chi connectivity index (χ2v) is 6.84. The van der Waals surface area contributed by atoms with Crippen molar-refractivity contribution in [2.45, 2.75) is 78.7 Å². The van der Waals surface area contributed by atoms with Crippen LogP contribution in [-0.4, -0.2) is 22.2 Å². The van der Waals surface area contributed by atoms with Gasteiger partial charge in [-0.3, -0.25) is 9.48 Å². The summed E-state index contributed by atoms with van der Waals surface area (Å²) < 4.78 is 1.91. The van der Waals surface area contributed by atoms with Crippen LogP contribution in [-0.2, 0) is 6.54 Å². The molecule has 0 radical (unpaired) electrons. The Hall–Kier alpha value is -1.32.